The molecule has 0 aliphatic heterocycles. The van der Waals surface area contributed by atoms with E-state index in [1.165, 1.54) is 6.20 Å². The summed E-state index contributed by atoms with van der Waals surface area (Å²) in [7, 11) is 0. The first-order valence-corrected chi connectivity index (χ1v) is 7.69. The molecule has 9 heteroatoms. The first-order chi connectivity index (χ1) is 12.3. The Balaban J connectivity index is 1.87. The molecule has 26 heavy (non-hydrogen) atoms. The van der Waals surface area contributed by atoms with Gasteiger partial charge in [0.05, 0.1) is 11.8 Å². The minimum absolute atomic E-state index is 0.00927. The quantitative estimate of drug-likeness (QED) is 0.562. The van der Waals surface area contributed by atoms with Gasteiger partial charge in [0.15, 0.2) is 5.82 Å². The van der Waals surface area contributed by atoms with Crippen LogP contribution in [0.15, 0.2) is 54.7 Å². The molecule has 3 aromatic rings. The van der Waals surface area contributed by atoms with Crippen molar-refractivity contribution >= 4 is 34.7 Å². The van der Waals surface area contributed by atoms with Crippen LogP contribution in [0.4, 0.5) is 40.7 Å². The Hall–Kier alpha value is -2.87. The zero-order chi connectivity index (χ0) is 18.7. The summed E-state index contributed by atoms with van der Waals surface area (Å²) >= 11 is 6.00. The summed E-state index contributed by atoms with van der Waals surface area (Å²) in [5.41, 5.74) is -0.665. The molecule has 0 amide bonds. The van der Waals surface area contributed by atoms with Crippen LogP contribution in [0.5, 0.6) is 0 Å². The Kier molecular flexibility index (Phi) is 4.94. The normalized spacial score (nSPS) is 11.3. The van der Waals surface area contributed by atoms with E-state index in [1.807, 2.05) is 18.2 Å². The average molecular weight is 383 g/mol. The van der Waals surface area contributed by atoms with Crippen LogP contribution in [0.3, 0.4) is 0 Å². The van der Waals surface area contributed by atoms with E-state index in [2.05, 4.69) is 20.6 Å². The number of halogens is 5. The molecule has 0 spiro atoms. The summed E-state index contributed by atoms with van der Waals surface area (Å²) in [5, 5.41) is 5.69. The third kappa shape index (κ3) is 4.20. The molecule has 0 saturated carbocycles. The lowest BCUT2D eigenvalue weighted by Gasteiger charge is -2.13. The molecule has 2 N–H and O–H groups in total. The highest BCUT2D eigenvalue weighted by Gasteiger charge is 2.34. The SMILES string of the molecule is Fc1ccc(Nc2nc(Nc3ccccc3)ncc2Cl)cc1C(F)(F)F. The second kappa shape index (κ2) is 7.17. The van der Waals surface area contributed by atoms with Crippen molar-refractivity contribution in [1.29, 1.82) is 0 Å². The van der Waals surface area contributed by atoms with E-state index in [9.17, 15) is 17.6 Å². The maximum Gasteiger partial charge on any atom is 0.419 e. The monoisotopic (exact) mass is 382 g/mol. The van der Waals surface area contributed by atoms with E-state index in [-0.39, 0.29) is 22.5 Å². The summed E-state index contributed by atoms with van der Waals surface area (Å²) < 4.78 is 51.9. The molecular formula is C17H11ClF4N4. The molecule has 1 aromatic heterocycles. The van der Waals surface area contributed by atoms with Gasteiger partial charge in [-0.15, -0.1) is 0 Å². The summed E-state index contributed by atoms with van der Waals surface area (Å²) in [5.74, 6) is -1.08. The number of hydrogen-bond acceptors (Lipinski definition) is 4. The van der Waals surface area contributed by atoms with Crippen molar-refractivity contribution in [1.82, 2.24) is 9.97 Å². The molecule has 0 fully saturated rings. The Bertz CT molecular complexity index is 916. The van der Waals surface area contributed by atoms with Crippen LogP contribution in [0.25, 0.3) is 0 Å². The number of benzene rings is 2. The average Bonchev–Trinajstić information content (AvgIpc) is 2.59. The standard InChI is InChI=1S/C17H11ClF4N4/c18-13-9-23-16(25-10-4-2-1-3-5-10)26-15(13)24-11-6-7-14(19)12(8-11)17(20,21)22/h1-9H,(H2,23,24,25,26). The maximum absolute atomic E-state index is 13.4. The van der Waals surface area contributed by atoms with Gasteiger partial charge in [0.1, 0.15) is 10.8 Å². The third-order valence-electron chi connectivity index (χ3n) is 3.31. The minimum Gasteiger partial charge on any atom is -0.339 e. The van der Waals surface area contributed by atoms with E-state index >= 15 is 0 Å². The van der Waals surface area contributed by atoms with Crippen molar-refractivity contribution in [3.05, 3.63) is 71.1 Å². The molecule has 0 unspecified atom stereocenters. The van der Waals surface area contributed by atoms with Crippen LogP contribution in [0, 0.1) is 5.82 Å². The lowest BCUT2D eigenvalue weighted by atomic mass is 10.2. The number of hydrogen-bond donors (Lipinski definition) is 2. The lowest BCUT2D eigenvalue weighted by Crippen LogP contribution is -2.09. The van der Waals surface area contributed by atoms with Gasteiger partial charge in [-0.3, -0.25) is 0 Å². The fraction of sp³-hybridized carbons (Fsp3) is 0.0588. The summed E-state index contributed by atoms with van der Waals surface area (Å²) in [4.78, 5) is 8.15. The third-order valence-corrected chi connectivity index (χ3v) is 3.59. The largest absolute Gasteiger partial charge is 0.419 e. The van der Waals surface area contributed by atoms with Crippen LogP contribution in [0.2, 0.25) is 5.02 Å². The van der Waals surface area contributed by atoms with Gasteiger partial charge < -0.3 is 10.6 Å². The van der Waals surface area contributed by atoms with Crippen molar-refractivity contribution < 1.29 is 17.6 Å². The lowest BCUT2D eigenvalue weighted by molar-refractivity contribution is -0.139. The number of alkyl halides is 3. The first kappa shape index (κ1) is 17.9. The van der Waals surface area contributed by atoms with Gasteiger partial charge in [-0.1, -0.05) is 29.8 Å². The highest BCUT2D eigenvalue weighted by atomic mass is 35.5. The Morgan fingerprint density at radius 2 is 1.65 bits per heavy atom. The number of rotatable bonds is 4. The number of para-hydroxylation sites is 1. The fourth-order valence-electron chi connectivity index (χ4n) is 2.12. The van der Waals surface area contributed by atoms with E-state index in [0.29, 0.717) is 6.07 Å². The van der Waals surface area contributed by atoms with Crippen LogP contribution in [0.1, 0.15) is 5.56 Å². The molecule has 1 heterocycles. The Morgan fingerprint density at radius 1 is 0.923 bits per heavy atom. The van der Waals surface area contributed by atoms with Crippen LogP contribution in [-0.2, 0) is 6.18 Å². The van der Waals surface area contributed by atoms with Gasteiger partial charge in [0, 0.05) is 11.4 Å². The zero-order valence-electron chi connectivity index (χ0n) is 13.0. The predicted molar refractivity (Wildman–Crippen MR) is 91.5 cm³/mol. The van der Waals surface area contributed by atoms with Gasteiger partial charge in [-0.2, -0.15) is 18.2 Å². The van der Waals surface area contributed by atoms with Gasteiger partial charge in [0.25, 0.3) is 0 Å². The molecule has 3 rings (SSSR count). The number of anilines is 4. The predicted octanol–water partition coefficient (Wildman–Crippen LogP) is 5.78. The molecule has 4 nitrogen and oxygen atoms in total. The summed E-state index contributed by atoms with van der Waals surface area (Å²) in [6.07, 6.45) is -3.51. The molecule has 0 bridgehead atoms. The minimum atomic E-state index is -4.81. The van der Waals surface area contributed by atoms with E-state index in [1.54, 1.807) is 12.1 Å². The molecule has 0 aliphatic carbocycles. The highest BCUT2D eigenvalue weighted by molar-refractivity contribution is 6.32. The van der Waals surface area contributed by atoms with Crippen molar-refractivity contribution in [2.75, 3.05) is 10.6 Å². The smallest absolute Gasteiger partial charge is 0.339 e. The molecule has 2 aromatic carbocycles. The second-order valence-electron chi connectivity index (χ2n) is 5.20. The Morgan fingerprint density at radius 3 is 2.35 bits per heavy atom. The molecular weight excluding hydrogens is 372 g/mol. The second-order valence-corrected chi connectivity index (χ2v) is 5.61. The van der Waals surface area contributed by atoms with Crippen molar-refractivity contribution in [2.24, 2.45) is 0 Å². The highest BCUT2D eigenvalue weighted by Crippen LogP contribution is 2.34. The first-order valence-electron chi connectivity index (χ1n) is 7.31. The molecule has 0 aliphatic rings. The van der Waals surface area contributed by atoms with E-state index < -0.39 is 17.6 Å². The summed E-state index contributed by atoms with van der Waals surface area (Å²) in [6.45, 7) is 0. The maximum atomic E-state index is 13.4. The van der Waals surface area contributed by atoms with Gasteiger partial charge >= 0.3 is 6.18 Å². The fourth-order valence-corrected chi connectivity index (χ4v) is 2.26. The van der Waals surface area contributed by atoms with Gasteiger partial charge in [-0.05, 0) is 30.3 Å². The van der Waals surface area contributed by atoms with E-state index in [4.69, 9.17) is 11.6 Å². The zero-order valence-corrected chi connectivity index (χ0v) is 13.7. The van der Waals surface area contributed by atoms with Crippen LogP contribution in [-0.4, -0.2) is 9.97 Å². The molecule has 0 saturated heterocycles. The van der Waals surface area contributed by atoms with Crippen LogP contribution < -0.4 is 10.6 Å². The topological polar surface area (TPSA) is 49.8 Å². The van der Waals surface area contributed by atoms with Crippen molar-refractivity contribution in [3.63, 3.8) is 0 Å². The van der Waals surface area contributed by atoms with Gasteiger partial charge in [-0.25, -0.2) is 9.37 Å². The van der Waals surface area contributed by atoms with E-state index in [0.717, 1.165) is 17.8 Å². The Labute approximate surface area is 150 Å². The van der Waals surface area contributed by atoms with Crippen molar-refractivity contribution in [3.8, 4) is 0 Å². The number of nitrogens with one attached hydrogen (secondary N) is 2. The van der Waals surface area contributed by atoms with Gasteiger partial charge in [0.2, 0.25) is 5.95 Å². The number of nitrogens with zero attached hydrogens (tertiary/aromatic N) is 2. The van der Waals surface area contributed by atoms with Crippen molar-refractivity contribution in [2.45, 2.75) is 6.18 Å². The summed E-state index contributed by atoms with van der Waals surface area (Å²) in [6, 6.07) is 11.6. The molecule has 0 radical (unpaired) electrons. The molecule has 134 valence electrons. The van der Waals surface area contributed by atoms with Crippen LogP contribution >= 0.6 is 11.6 Å². The number of aromatic nitrogens is 2. The molecule has 0 atom stereocenters.